The van der Waals surface area contributed by atoms with Gasteiger partial charge in [0.2, 0.25) is 0 Å². The topological polar surface area (TPSA) is 111 Å². The van der Waals surface area contributed by atoms with E-state index in [0.29, 0.717) is 6.42 Å². The summed E-state index contributed by atoms with van der Waals surface area (Å²) in [5, 5.41) is 9.66. The molecule has 1 unspecified atom stereocenters. The van der Waals surface area contributed by atoms with Crippen LogP contribution >= 0.6 is 15.9 Å². The molecule has 0 aromatic carbocycles. The number of aromatic amines is 1. The second-order valence-electron chi connectivity index (χ2n) is 11.3. The summed E-state index contributed by atoms with van der Waals surface area (Å²) in [5.74, 6) is -0.310. The minimum absolute atomic E-state index is 0.195. The predicted octanol–water partition coefficient (Wildman–Crippen LogP) is 7.31. The summed E-state index contributed by atoms with van der Waals surface area (Å²) in [4.78, 5) is 38.3. The van der Waals surface area contributed by atoms with Gasteiger partial charge in [-0.25, -0.2) is 4.79 Å². The van der Waals surface area contributed by atoms with Crippen molar-refractivity contribution in [3.8, 4) is 0 Å². The van der Waals surface area contributed by atoms with Gasteiger partial charge in [-0.05, 0) is 22.4 Å². The van der Waals surface area contributed by atoms with Crippen molar-refractivity contribution in [2.75, 3.05) is 6.61 Å². The first-order chi connectivity index (χ1) is 19.5. The highest BCUT2D eigenvalue weighted by molar-refractivity contribution is 9.10. The molecule has 1 aromatic heterocycles. The second-order valence-corrected chi connectivity index (χ2v) is 12.2. The molecule has 2 heterocycles. The van der Waals surface area contributed by atoms with Crippen LogP contribution in [-0.2, 0) is 14.3 Å². The zero-order valence-electron chi connectivity index (χ0n) is 24.7. The fraction of sp³-hybridized carbons (Fsp3) is 0.839. The SMILES string of the molecule is CCCCCCCCCCCCCCCCCCCCCC(=O)OC1C[C@@H](n2cc(Br)c(=O)[nH]c2=O)O[C@H]1CO. The number of H-pyrrole nitrogens is 1. The average molecular weight is 630 g/mol. The van der Waals surface area contributed by atoms with Crippen LogP contribution in [0.4, 0.5) is 0 Å². The van der Waals surface area contributed by atoms with E-state index in [1.807, 2.05) is 0 Å². The van der Waals surface area contributed by atoms with Gasteiger partial charge in [-0.3, -0.25) is 19.1 Å². The summed E-state index contributed by atoms with van der Waals surface area (Å²) in [6.45, 7) is 1.95. The standard InChI is InChI=1S/C31H53BrN2O6/c1-2-3-4-5-6-7-8-9-10-11-12-13-14-15-16-17-18-19-20-21-29(36)40-26-22-28(39-27(26)24-35)34-23-25(32)30(37)33-31(34)38/h23,26-28,35H,2-22,24H2,1H3,(H,33,37,38)/t26?,27-,28-/m0/s1. The maximum atomic E-state index is 12.4. The first kappa shape index (κ1) is 34.7. The number of nitrogens with zero attached hydrogens (tertiary/aromatic N) is 1. The third-order valence-corrected chi connectivity index (χ3v) is 8.43. The molecule has 0 spiro atoms. The van der Waals surface area contributed by atoms with Crippen LogP contribution in [0.5, 0.6) is 0 Å². The Balaban J connectivity index is 1.43. The number of ether oxygens (including phenoxy) is 2. The molecular weight excluding hydrogens is 576 g/mol. The van der Waals surface area contributed by atoms with Crippen molar-refractivity contribution in [2.45, 2.75) is 160 Å². The van der Waals surface area contributed by atoms with Gasteiger partial charge in [-0.15, -0.1) is 0 Å². The maximum absolute atomic E-state index is 12.4. The molecule has 0 saturated carbocycles. The van der Waals surface area contributed by atoms with Gasteiger partial charge in [0.25, 0.3) is 5.56 Å². The molecule has 1 aromatic rings. The van der Waals surface area contributed by atoms with Crippen molar-refractivity contribution in [3.63, 3.8) is 0 Å². The summed E-state index contributed by atoms with van der Waals surface area (Å²) in [6.07, 6.45) is 24.6. The Morgan fingerprint density at radius 2 is 1.38 bits per heavy atom. The zero-order chi connectivity index (χ0) is 29.0. The van der Waals surface area contributed by atoms with Crippen LogP contribution in [0.2, 0.25) is 0 Å². The fourth-order valence-electron chi connectivity index (χ4n) is 5.41. The number of nitrogens with one attached hydrogen (secondary N) is 1. The molecular formula is C31H53BrN2O6. The Morgan fingerprint density at radius 3 is 1.85 bits per heavy atom. The normalized spacial score (nSPS) is 18.8. The Morgan fingerprint density at radius 1 is 0.900 bits per heavy atom. The van der Waals surface area contributed by atoms with E-state index < -0.39 is 29.7 Å². The van der Waals surface area contributed by atoms with Gasteiger partial charge in [0, 0.05) is 19.0 Å². The van der Waals surface area contributed by atoms with Gasteiger partial charge in [0.15, 0.2) is 0 Å². The summed E-state index contributed by atoms with van der Waals surface area (Å²) in [6, 6.07) is 0. The van der Waals surface area contributed by atoms with Gasteiger partial charge >= 0.3 is 11.7 Å². The number of unbranched alkanes of at least 4 members (excludes halogenated alkanes) is 18. The Bertz CT molecular complexity index is 933. The molecule has 0 aliphatic carbocycles. The lowest BCUT2D eigenvalue weighted by molar-refractivity contribution is -0.153. The molecule has 3 atom stereocenters. The highest BCUT2D eigenvalue weighted by atomic mass is 79.9. The number of aliphatic hydroxyl groups is 1. The molecule has 8 nitrogen and oxygen atoms in total. The quantitative estimate of drug-likeness (QED) is 0.0970. The van der Waals surface area contributed by atoms with E-state index in [0.717, 1.165) is 19.3 Å². The molecule has 2 rings (SSSR count). The Labute approximate surface area is 248 Å². The van der Waals surface area contributed by atoms with E-state index in [2.05, 4.69) is 27.8 Å². The second kappa shape index (κ2) is 21.3. The zero-order valence-corrected chi connectivity index (χ0v) is 26.3. The van der Waals surface area contributed by atoms with E-state index in [1.54, 1.807) is 0 Å². The molecule has 0 bridgehead atoms. The van der Waals surface area contributed by atoms with Gasteiger partial charge in [0.1, 0.15) is 18.4 Å². The first-order valence-corrected chi connectivity index (χ1v) is 16.7. The third kappa shape index (κ3) is 13.9. The minimum atomic E-state index is -0.731. The Kier molecular flexibility index (Phi) is 18.5. The fourth-order valence-corrected chi connectivity index (χ4v) is 5.73. The number of carbonyl (C=O) groups excluding carboxylic acids is 1. The van der Waals surface area contributed by atoms with Crippen molar-refractivity contribution in [1.82, 2.24) is 9.55 Å². The molecule has 230 valence electrons. The number of aliphatic hydroxyl groups excluding tert-OH is 1. The highest BCUT2D eigenvalue weighted by Gasteiger charge is 2.39. The lowest BCUT2D eigenvalue weighted by Crippen LogP contribution is -2.32. The van der Waals surface area contributed by atoms with Crippen molar-refractivity contribution in [3.05, 3.63) is 31.5 Å². The number of hydrogen-bond donors (Lipinski definition) is 2. The van der Waals surface area contributed by atoms with E-state index in [1.165, 1.54) is 113 Å². The van der Waals surface area contributed by atoms with Crippen molar-refractivity contribution < 1.29 is 19.4 Å². The van der Waals surface area contributed by atoms with Crippen molar-refractivity contribution in [2.24, 2.45) is 0 Å². The van der Waals surface area contributed by atoms with E-state index >= 15 is 0 Å². The monoisotopic (exact) mass is 628 g/mol. The molecule has 1 fully saturated rings. The highest BCUT2D eigenvalue weighted by Crippen LogP contribution is 2.30. The molecule has 1 aliphatic rings. The van der Waals surface area contributed by atoms with E-state index in [9.17, 15) is 19.5 Å². The summed E-state index contributed by atoms with van der Waals surface area (Å²) in [7, 11) is 0. The number of rotatable bonds is 23. The predicted molar refractivity (Wildman–Crippen MR) is 163 cm³/mol. The number of carbonyl (C=O) groups is 1. The molecule has 2 N–H and O–H groups in total. The lowest BCUT2D eigenvalue weighted by Gasteiger charge is -2.16. The largest absolute Gasteiger partial charge is 0.459 e. The van der Waals surface area contributed by atoms with Crippen LogP contribution < -0.4 is 11.2 Å². The molecule has 1 aliphatic heterocycles. The van der Waals surface area contributed by atoms with Crippen LogP contribution in [0.3, 0.4) is 0 Å². The van der Waals surface area contributed by atoms with Gasteiger partial charge in [-0.1, -0.05) is 122 Å². The van der Waals surface area contributed by atoms with Crippen LogP contribution in [-0.4, -0.2) is 39.4 Å². The number of halogens is 1. The van der Waals surface area contributed by atoms with Crippen LogP contribution in [0, 0.1) is 0 Å². The lowest BCUT2D eigenvalue weighted by atomic mass is 10.0. The van der Waals surface area contributed by atoms with Crippen molar-refractivity contribution >= 4 is 21.9 Å². The molecule has 0 radical (unpaired) electrons. The Hall–Kier alpha value is -1.45. The number of aromatic nitrogens is 2. The number of esters is 1. The average Bonchev–Trinajstić information content (AvgIpc) is 3.34. The van der Waals surface area contributed by atoms with Gasteiger partial charge in [-0.2, -0.15) is 0 Å². The summed E-state index contributed by atoms with van der Waals surface area (Å²) in [5.41, 5.74) is -1.14. The van der Waals surface area contributed by atoms with Crippen LogP contribution in [0.25, 0.3) is 0 Å². The first-order valence-electron chi connectivity index (χ1n) is 15.9. The summed E-state index contributed by atoms with van der Waals surface area (Å²) >= 11 is 3.10. The van der Waals surface area contributed by atoms with E-state index in [4.69, 9.17) is 9.47 Å². The summed E-state index contributed by atoms with van der Waals surface area (Å²) < 4.78 is 12.7. The van der Waals surface area contributed by atoms with E-state index in [-0.39, 0.29) is 23.5 Å². The molecule has 40 heavy (non-hydrogen) atoms. The third-order valence-electron chi connectivity index (χ3n) is 7.86. The molecule has 0 amide bonds. The smallest absolute Gasteiger partial charge is 0.330 e. The van der Waals surface area contributed by atoms with Crippen LogP contribution in [0.15, 0.2) is 20.3 Å². The maximum Gasteiger partial charge on any atom is 0.330 e. The van der Waals surface area contributed by atoms with Crippen LogP contribution in [0.1, 0.15) is 148 Å². The molecule has 1 saturated heterocycles. The van der Waals surface area contributed by atoms with Gasteiger partial charge < -0.3 is 14.6 Å². The van der Waals surface area contributed by atoms with Crippen molar-refractivity contribution in [1.29, 1.82) is 0 Å². The number of hydrogen-bond acceptors (Lipinski definition) is 6. The van der Waals surface area contributed by atoms with Gasteiger partial charge in [0.05, 0.1) is 11.1 Å². The minimum Gasteiger partial charge on any atom is -0.459 e. The molecule has 9 heteroatoms.